The molecule has 2 saturated heterocycles. The number of pyridine rings is 1. The number of aliphatic imine (C=N–C) groups is 1. The first-order valence-corrected chi connectivity index (χ1v) is 10.4. The number of halogens is 2. The molecular formula is C22H30FIN6. The summed E-state index contributed by atoms with van der Waals surface area (Å²) in [7, 11) is 1.82. The standard InChI is InChI=1S/C22H29FN6.HI/c1-24-22(26-17-18-4-9-21(25-16-18)28-10-2-3-11-28)29-14-12-27(13-15-29)20-7-5-19(23)6-8-20;/h4-9,16H,2-3,10-15,17H2,1H3,(H,24,26);1H. The second-order valence-electron chi connectivity index (χ2n) is 7.57. The minimum atomic E-state index is -0.194. The molecule has 30 heavy (non-hydrogen) atoms. The zero-order chi connectivity index (χ0) is 20.1. The lowest BCUT2D eigenvalue weighted by atomic mass is 10.2. The van der Waals surface area contributed by atoms with Gasteiger partial charge in [-0.25, -0.2) is 9.37 Å². The molecule has 4 rings (SSSR count). The first-order chi connectivity index (χ1) is 14.2. The fourth-order valence-corrected chi connectivity index (χ4v) is 4.00. The fraction of sp³-hybridized carbons (Fsp3) is 0.455. The van der Waals surface area contributed by atoms with Crippen molar-refractivity contribution in [1.29, 1.82) is 0 Å². The number of anilines is 2. The van der Waals surface area contributed by atoms with Crippen LogP contribution in [-0.2, 0) is 6.54 Å². The number of hydrogen-bond donors (Lipinski definition) is 1. The van der Waals surface area contributed by atoms with Crippen molar-refractivity contribution in [2.75, 3.05) is 56.1 Å². The molecule has 2 aliphatic rings. The maximum absolute atomic E-state index is 13.1. The molecule has 0 amide bonds. The number of guanidine groups is 1. The van der Waals surface area contributed by atoms with Crippen LogP contribution in [0.25, 0.3) is 0 Å². The Kier molecular flexibility index (Phi) is 8.12. The van der Waals surface area contributed by atoms with Gasteiger partial charge in [0.2, 0.25) is 0 Å². The molecule has 3 heterocycles. The first kappa shape index (κ1) is 22.6. The van der Waals surface area contributed by atoms with Gasteiger partial charge in [-0.15, -0.1) is 24.0 Å². The van der Waals surface area contributed by atoms with Crippen LogP contribution in [0.3, 0.4) is 0 Å². The molecule has 2 aromatic rings. The molecule has 2 aliphatic heterocycles. The normalized spacial score (nSPS) is 17.1. The lowest BCUT2D eigenvalue weighted by Gasteiger charge is -2.37. The predicted molar refractivity (Wildman–Crippen MR) is 131 cm³/mol. The predicted octanol–water partition coefficient (Wildman–Crippen LogP) is 3.34. The van der Waals surface area contributed by atoms with Crippen molar-refractivity contribution >= 4 is 41.4 Å². The molecule has 162 valence electrons. The van der Waals surface area contributed by atoms with E-state index in [0.717, 1.165) is 62.3 Å². The number of nitrogens with zero attached hydrogens (tertiary/aromatic N) is 5. The second kappa shape index (κ2) is 10.8. The Morgan fingerprint density at radius 1 is 0.967 bits per heavy atom. The van der Waals surface area contributed by atoms with Gasteiger partial charge in [0.05, 0.1) is 0 Å². The average molecular weight is 524 g/mol. The molecule has 1 aromatic heterocycles. The van der Waals surface area contributed by atoms with E-state index in [-0.39, 0.29) is 29.8 Å². The zero-order valence-electron chi connectivity index (χ0n) is 17.4. The Morgan fingerprint density at radius 3 is 2.27 bits per heavy atom. The van der Waals surface area contributed by atoms with E-state index in [1.165, 1.54) is 25.0 Å². The van der Waals surface area contributed by atoms with E-state index in [0.29, 0.717) is 6.54 Å². The summed E-state index contributed by atoms with van der Waals surface area (Å²) in [5, 5.41) is 3.46. The zero-order valence-corrected chi connectivity index (χ0v) is 19.8. The van der Waals surface area contributed by atoms with Gasteiger partial charge < -0.3 is 20.0 Å². The van der Waals surface area contributed by atoms with Gasteiger partial charge in [0.25, 0.3) is 0 Å². The average Bonchev–Trinajstić information content (AvgIpc) is 3.31. The molecule has 1 aromatic carbocycles. The van der Waals surface area contributed by atoms with E-state index < -0.39 is 0 Å². The monoisotopic (exact) mass is 524 g/mol. The minimum absolute atomic E-state index is 0. The molecular weight excluding hydrogens is 494 g/mol. The summed E-state index contributed by atoms with van der Waals surface area (Å²) in [5.41, 5.74) is 2.22. The molecule has 0 atom stereocenters. The van der Waals surface area contributed by atoms with Gasteiger partial charge in [0.15, 0.2) is 5.96 Å². The summed E-state index contributed by atoms with van der Waals surface area (Å²) in [6.07, 6.45) is 4.48. The van der Waals surface area contributed by atoms with E-state index in [9.17, 15) is 4.39 Å². The Hall–Kier alpha value is -2.10. The van der Waals surface area contributed by atoms with E-state index in [2.05, 4.69) is 42.1 Å². The third kappa shape index (κ3) is 5.53. The maximum atomic E-state index is 13.1. The molecule has 0 spiro atoms. The van der Waals surface area contributed by atoms with Crippen molar-refractivity contribution in [2.24, 2.45) is 4.99 Å². The largest absolute Gasteiger partial charge is 0.368 e. The first-order valence-electron chi connectivity index (χ1n) is 10.4. The third-order valence-electron chi connectivity index (χ3n) is 5.67. The second-order valence-corrected chi connectivity index (χ2v) is 7.57. The van der Waals surface area contributed by atoms with Gasteiger partial charge in [-0.3, -0.25) is 4.99 Å². The van der Waals surface area contributed by atoms with Crippen molar-refractivity contribution in [2.45, 2.75) is 19.4 Å². The highest BCUT2D eigenvalue weighted by molar-refractivity contribution is 14.0. The maximum Gasteiger partial charge on any atom is 0.194 e. The van der Waals surface area contributed by atoms with Crippen LogP contribution in [0.4, 0.5) is 15.9 Å². The van der Waals surface area contributed by atoms with Gasteiger partial charge in [0, 0.05) is 64.7 Å². The quantitative estimate of drug-likeness (QED) is 0.378. The third-order valence-corrected chi connectivity index (χ3v) is 5.67. The molecule has 1 N–H and O–H groups in total. The van der Waals surface area contributed by atoms with Crippen molar-refractivity contribution in [1.82, 2.24) is 15.2 Å². The Labute approximate surface area is 195 Å². The number of aromatic nitrogens is 1. The van der Waals surface area contributed by atoms with Crippen molar-refractivity contribution < 1.29 is 4.39 Å². The molecule has 0 saturated carbocycles. The smallest absolute Gasteiger partial charge is 0.194 e. The Morgan fingerprint density at radius 2 is 1.67 bits per heavy atom. The number of rotatable bonds is 4. The highest BCUT2D eigenvalue weighted by atomic mass is 127. The minimum Gasteiger partial charge on any atom is -0.368 e. The number of benzene rings is 1. The number of hydrogen-bond acceptors (Lipinski definition) is 4. The molecule has 0 unspecified atom stereocenters. The van der Waals surface area contributed by atoms with Gasteiger partial charge in [-0.05, 0) is 48.7 Å². The lowest BCUT2D eigenvalue weighted by Crippen LogP contribution is -2.52. The highest BCUT2D eigenvalue weighted by Crippen LogP contribution is 2.18. The summed E-state index contributed by atoms with van der Waals surface area (Å²) in [5.74, 6) is 1.79. The SMILES string of the molecule is CN=C(NCc1ccc(N2CCCC2)nc1)N1CCN(c2ccc(F)cc2)CC1.I. The molecule has 8 heteroatoms. The van der Waals surface area contributed by atoms with Crippen LogP contribution in [0.2, 0.25) is 0 Å². The van der Waals surface area contributed by atoms with E-state index >= 15 is 0 Å². The van der Waals surface area contributed by atoms with E-state index in [1.54, 1.807) is 0 Å². The summed E-state index contributed by atoms with van der Waals surface area (Å²) in [4.78, 5) is 16.0. The molecule has 0 bridgehead atoms. The summed E-state index contributed by atoms with van der Waals surface area (Å²) in [6, 6.07) is 11.0. The van der Waals surface area contributed by atoms with Crippen LogP contribution in [0, 0.1) is 5.82 Å². The molecule has 0 aliphatic carbocycles. The van der Waals surface area contributed by atoms with Crippen molar-refractivity contribution in [3.05, 3.63) is 54.0 Å². The van der Waals surface area contributed by atoms with Crippen molar-refractivity contribution in [3.8, 4) is 0 Å². The van der Waals surface area contributed by atoms with Gasteiger partial charge in [-0.1, -0.05) is 6.07 Å². The number of piperazine rings is 1. The van der Waals surface area contributed by atoms with E-state index in [1.807, 2.05) is 25.4 Å². The number of nitrogens with one attached hydrogen (secondary N) is 1. The molecule has 0 radical (unpaired) electrons. The highest BCUT2D eigenvalue weighted by Gasteiger charge is 2.20. The fourth-order valence-electron chi connectivity index (χ4n) is 4.00. The van der Waals surface area contributed by atoms with Gasteiger partial charge in [0.1, 0.15) is 11.6 Å². The van der Waals surface area contributed by atoms with E-state index in [4.69, 9.17) is 0 Å². The lowest BCUT2D eigenvalue weighted by molar-refractivity contribution is 0.372. The van der Waals surface area contributed by atoms with Crippen LogP contribution < -0.4 is 15.1 Å². The van der Waals surface area contributed by atoms with Crippen molar-refractivity contribution in [3.63, 3.8) is 0 Å². The molecule has 6 nitrogen and oxygen atoms in total. The summed E-state index contributed by atoms with van der Waals surface area (Å²) >= 11 is 0. The van der Waals surface area contributed by atoms with Gasteiger partial charge >= 0.3 is 0 Å². The van der Waals surface area contributed by atoms with Crippen LogP contribution in [0.15, 0.2) is 47.6 Å². The van der Waals surface area contributed by atoms with Crippen LogP contribution >= 0.6 is 24.0 Å². The Balaban J connectivity index is 0.00000256. The van der Waals surface area contributed by atoms with Crippen LogP contribution in [0.5, 0.6) is 0 Å². The summed E-state index contributed by atoms with van der Waals surface area (Å²) in [6.45, 7) is 6.46. The Bertz CT molecular complexity index is 813. The van der Waals surface area contributed by atoms with Gasteiger partial charge in [-0.2, -0.15) is 0 Å². The topological polar surface area (TPSA) is 47.0 Å². The van der Waals surface area contributed by atoms with Crippen LogP contribution in [0.1, 0.15) is 18.4 Å². The summed E-state index contributed by atoms with van der Waals surface area (Å²) < 4.78 is 13.1. The van der Waals surface area contributed by atoms with Crippen LogP contribution in [-0.4, -0.2) is 62.2 Å². The molecule has 2 fully saturated rings.